The maximum absolute atomic E-state index is 5.99. The molecule has 3 nitrogen and oxygen atoms in total. The molecule has 3 rings (SSSR count). The normalized spacial score (nSPS) is 15.7. The van der Waals surface area contributed by atoms with Gasteiger partial charge in [0.1, 0.15) is 5.65 Å². The highest BCUT2D eigenvalue weighted by Gasteiger charge is 2.16. The molecule has 0 amide bonds. The van der Waals surface area contributed by atoms with Gasteiger partial charge in [0.15, 0.2) is 0 Å². The lowest BCUT2D eigenvalue weighted by atomic mass is 10.0. The topological polar surface area (TPSA) is 43.3 Å². The van der Waals surface area contributed by atoms with Crippen LogP contribution in [0.15, 0.2) is 41.6 Å². The number of aromatic nitrogens is 2. The molecule has 2 N–H and O–H groups in total. The van der Waals surface area contributed by atoms with Crippen molar-refractivity contribution in [3.63, 3.8) is 0 Å². The van der Waals surface area contributed by atoms with Crippen molar-refractivity contribution < 1.29 is 0 Å². The van der Waals surface area contributed by atoms with E-state index in [1.165, 1.54) is 5.57 Å². The summed E-state index contributed by atoms with van der Waals surface area (Å²) in [5.41, 5.74) is 10.1. The molecule has 0 bridgehead atoms. The fraction of sp³-hybridized carbons (Fsp3) is 0.214. The van der Waals surface area contributed by atoms with Crippen LogP contribution in [0.4, 0.5) is 0 Å². The third-order valence-electron chi connectivity index (χ3n) is 3.22. The summed E-state index contributed by atoms with van der Waals surface area (Å²) in [6.45, 7) is 0.481. The van der Waals surface area contributed by atoms with Gasteiger partial charge in [-0.1, -0.05) is 23.7 Å². The number of nitrogens with two attached hydrogens (primary N) is 1. The first-order chi connectivity index (χ1) is 8.79. The molecular weight excluding hydrogens is 246 g/mol. The van der Waals surface area contributed by atoms with Gasteiger partial charge < -0.3 is 10.1 Å². The van der Waals surface area contributed by atoms with Crippen LogP contribution in [0.3, 0.4) is 0 Å². The molecule has 0 saturated heterocycles. The second-order valence-electron chi connectivity index (χ2n) is 4.35. The lowest BCUT2D eigenvalue weighted by Gasteiger charge is -2.10. The summed E-state index contributed by atoms with van der Waals surface area (Å²) in [7, 11) is 0. The fourth-order valence-corrected chi connectivity index (χ4v) is 2.47. The number of fused-ring (bicyclic) bond motifs is 1. The molecule has 0 atom stereocenters. The molecule has 0 aromatic carbocycles. The number of hydrogen-bond donors (Lipinski definition) is 1. The Hall–Kier alpha value is -1.58. The van der Waals surface area contributed by atoms with Crippen LogP contribution >= 0.6 is 11.6 Å². The van der Waals surface area contributed by atoms with Crippen LogP contribution in [0.25, 0.3) is 11.2 Å². The molecule has 0 saturated carbocycles. The Balaban J connectivity index is 2.17. The van der Waals surface area contributed by atoms with Crippen molar-refractivity contribution in [3.8, 4) is 0 Å². The van der Waals surface area contributed by atoms with Crippen LogP contribution < -0.4 is 5.73 Å². The van der Waals surface area contributed by atoms with Gasteiger partial charge in [0.2, 0.25) is 0 Å². The molecule has 0 aliphatic heterocycles. The Labute approximate surface area is 111 Å². The fourth-order valence-electron chi connectivity index (χ4n) is 2.31. The first-order valence-corrected chi connectivity index (χ1v) is 6.39. The quantitative estimate of drug-likeness (QED) is 0.901. The van der Waals surface area contributed by atoms with Crippen LogP contribution in [0.2, 0.25) is 0 Å². The van der Waals surface area contributed by atoms with Gasteiger partial charge in [-0.2, -0.15) is 0 Å². The molecule has 1 aliphatic carbocycles. The number of rotatable bonds is 2. The van der Waals surface area contributed by atoms with E-state index in [-0.39, 0.29) is 0 Å². The van der Waals surface area contributed by atoms with Gasteiger partial charge in [0.25, 0.3) is 0 Å². The molecule has 0 spiro atoms. The lowest BCUT2D eigenvalue weighted by Crippen LogP contribution is -2.04. The molecule has 92 valence electrons. The number of hydrogen-bond acceptors (Lipinski definition) is 2. The predicted molar refractivity (Wildman–Crippen MR) is 74.2 cm³/mol. The maximum Gasteiger partial charge on any atom is 0.137 e. The summed E-state index contributed by atoms with van der Waals surface area (Å²) < 4.78 is 2.05. The third-order valence-corrected chi connectivity index (χ3v) is 3.54. The van der Waals surface area contributed by atoms with Crippen LogP contribution in [0.1, 0.15) is 24.2 Å². The van der Waals surface area contributed by atoms with E-state index in [0.717, 1.165) is 34.9 Å². The minimum absolute atomic E-state index is 0.481. The third kappa shape index (κ3) is 1.85. The smallest absolute Gasteiger partial charge is 0.137 e. The second-order valence-corrected chi connectivity index (χ2v) is 4.83. The number of halogens is 1. The van der Waals surface area contributed by atoms with Crippen molar-refractivity contribution in [2.45, 2.75) is 19.4 Å². The molecule has 2 aromatic rings. The van der Waals surface area contributed by atoms with Crippen molar-refractivity contribution in [2.75, 3.05) is 0 Å². The van der Waals surface area contributed by atoms with Gasteiger partial charge in [-0.3, -0.25) is 0 Å². The number of pyridine rings is 1. The Morgan fingerprint density at radius 1 is 1.28 bits per heavy atom. The maximum atomic E-state index is 5.99. The van der Waals surface area contributed by atoms with Gasteiger partial charge in [-0.05, 0) is 36.6 Å². The number of nitrogens with zero attached hydrogens (tertiary/aromatic N) is 2. The van der Waals surface area contributed by atoms with E-state index in [1.807, 2.05) is 36.5 Å². The van der Waals surface area contributed by atoms with E-state index in [4.69, 9.17) is 17.3 Å². The zero-order valence-electron chi connectivity index (χ0n) is 9.94. The van der Waals surface area contributed by atoms with E-state index < -0.39 is 0 Å². The zero-order valence-corrected chi connectivity index (χ0v) is 10.7. The van der Waals surface area contributed by atoms with Crippen molar-refractivity contribution in [1.82, 2.24) is 9.38 Å². The highest BCUT2D eigenvalue weighted by molar-refractivity contribution is 6.29. The van der Waals surface area contributed by atoms with Crippen molar-refractivity contribution >= 4 is 22.8 Å². The Morgan fingerprint density at radius 3 is 2.89 bits per heavy atom. The first kappa shape index (κ1) is 11.5. The molecule has 4 heteroatoms. The Bertz CT molecular complexity index is 652. The summed E-state index contributed by atoms with van der Waals surface area (Å²) in [6.07, 6.45) is 7.80. The molecule has 18 heavy (non-hydrogen) atoms. The minimum Gasteiger partial charge on any atom is -0.325 e. The van der Waals surface area contributed by atoms with Crippen molar-refractivity contribution in [3.05, 3.63) is 53.0 Å². The van der Waals surface area contributed by atoms with Gasteiger partial charge >= 0.3 is 0 Å². The Kier molecular flexibility index (Phi) is 2.94. The van der Waals surface area contributed by atoms with Gasteiger partial charge in [0.05, 0.1) is 11.4 Å². The highest BCUT2D eigenvalue weighted by atomic mass is 35.5. The predicted octanol–water partition coefficient (Wildman–Crippen LogP) is 3.09. The van der Waals surface area contributed by atoms with Gasteiger partial charge in [-0.25, -0.2) is 4.98 Å². The zero-order chi connectivity index (χ0) is 12.5. The summed E-state index contributed by atoms with van der Waals surface area (Å²) in [6, 6.07) is 5.97. The average molecular weight is 260 g/mol. The van der Waals surface area contributed by atoms with E-state index in [0.29, 0.717) is 6.54 Å². The standard InChI is InChI=1S/C14H14ClN3/c15-11-6-4-10(5-7-11)14-12(9-16)18-8-2-1-3-13(18)17-14/h1-4,6,8H,5,7,9,16H2. The van der Waals surface area contributed by atoms with Crippen molar-refractivity contribution in [2.24, 2.45) is 5.73 Å². The van der Waals surface area contributed by atoms with Crippen LogP contribution in [0, 0.1) is 0 Å². The van der Waals surface area contributed by atoms with E-state index in [1.54, 1.807) is 0 Å². The van der Waals surface area contributed by atoms with Crippen LogP contribution in [-0.2, 0) is 6.54 Å². The van der Waals surface area contributed by atoms with Crippen LogP contribution in [-0.4, -0.2) is 9.38 Å². The van der Waals surface area contributed by atoms with E-state index >= 15 is 0 Å². The monoisotopic (exact) mass is 259 g/mol. The van der Waals surface area contributed by atoms with Crippen LogP contribution in [0.5, 0.6) is 0 Å². The first-order valence-electron chi connectivity index (χ1n) is 6.01. The molecule has 2 heterocycles. The Morgan fingerprint density at radius 2 is 2.17 bits per heavy atom. The average Bonchev–Trinajstić information content (AvgIpc) is 2.78. The molecular formula is C14H14ClN3. The largest absolute Gasteiger partial charge is 0.325 e. The number of imidazole rings is 1. The van der Waals surface area contributed by atoms with Crippen molar-refractivity contribution in [1.29, 1.82) is 0 Å². The molecule has 0 fully saturated rings. The van der Waals surface area contributed by atoms with Gasteiger partial charge in [0, 0.05) is 17.8 Å². The molecule has 0 unspecified atom stereocenters. The van der Waals surface area contributed by atoms with E-state index in [2.05, 4.69) is 9.38 Å². The lowest BCUT2D eigenvalue weighted by molar-refractivity contribution is 0.942. The second kappa shape index (κ2) is 4.59. The van der Waals surface area contributed by atoms with Gasteiger partial charge in [-0.15, -0.1) is 0 Å². The summed E-state index contributed by atoms with van der Waals surface area (Å²) in [5.74, 6) is 0. The molecule has 0 radical (unpaired) electrons. The SMILES string of the molecule is NCc1c(C2=CC=C(Cl)CC2)nc2ccccn12. The minimum atomic E-state index is 0.481. The highest BCUT2D eigenvalue weighted by Crippen LogP contribution is 2.30. The summed E-state index contributed by atoms with van der Waals surface area (Å²) in [4.78, 5) is 4.67. The summed E-state index contributed by atoms with van der Waals surface area (Å²) in [5, 5.41) is 0.900. The number of allylic oxidation sites excluding steroid dienone is 4. The molecule has 2 aromatic heterocycles. The molecule has 1 aliphatic rings. The van der Waals surface area contributed by atoms with E-state index in [9.17, 15) is 0 Å². The summed E-state index contributed by atoms with van der Waals surface area (Å²) >= 11 is 5.99.